The van der Waals surface area contributed by atoms with Crippen molar-refractivity contribution < 1.29 is 60.7 Å². The van der Waals surface area contributed by atoms with Gasteiger partial charge >= 0.3 is 22.9 Å². The zero-order valence-corrected chi connectivity index (χ0v) is 17.4. The summed E-state index contributed by atoms with van der Waals surface area (Å²) in [7, 11) is -12.9. The lowest BCUT2D eigenvalue weighted by atomic mass is 10.2. The van der Waals surface area contributed by atoms with Crippen molar-refractivity contribution in [3.8, 4) is 0 Å². The second kappa shape index (κ2) is 8.99. The molecule has 0 amide bonds. The van der Waals surface area contributed by atoms with Crippen LogP contribution in [-0.4, -0.2) is 88.7 Å². The van der Waals surface area contributed by atoms with Crippen molar-refractivity contribution in [1.29, 1.82) is 0 Å². The topological polar surface area (TPSA) is 99.1 Å². The Kier molecular flexibility index (Phi) is 8.00. The molecule has 1 fully saturated rings. The highest BCUT2D eigenvalue weighted by Crippen LogP contribution is 2.43. The van der Waals surface area contributed by atoms with Gasteiger partial charge < -0.3 is 9.80 Å². The van der Waals surface area contributed by atoms with Crippen molar-refractivity contribution in [2.24, 2.45) is 4.99 Å². The summed E-state index contributed by atoms with van der Waals surface area (Å²) >= 11 is 0. The Morgan fingerprint density at radius 3 is 1.53 bits per heavy atom. The summed E-state index contributed by atoms with van der Waals surface area (Å²) in [4.78, 5) is 9.16. The van der Waals surface area contributed by atoms with Gasteiger partial charge in [0, 0.05) is 33.2 Å². The van der Waals surface area contributed by atoms with Gasteiger partial charge in [0.1, 0.15) is 0 Å². The first kappa shape index (κ1) is 28.5. The minimum Gasteiger partial charge on any atom is -0.346 e. The molecule has 0 radical (unpaired) electrons. The Balaban J connectivity index is 0.000000382. The van der Waals surface area contributed by atoms with E-state index in [-0.39, 0.29) is 0 Å². The highest BCUT2D eigenvalue weighted by atomic mass is 32.3. The molecule has 2 aliphatic heterocycles. The molecule has 0 atom stereocenters. The van der Waals surface area contributed by atoms with Crippen LogP contribution in [0.15, 0.2) is 4.99 Å². The number of nitrogens with one attached hydrogen (secondary N) is 1. The van der Waals surface area contributed by atoms with Crippen LogP contribution < -0.4 is 4.13 Å². The zero-order chi connectivity index (χ0) is 25.4. The smallest absolute Gasteiger partial charge is 0.346 e. The molecule has 2 aliphatic rings. The molecule has 0 spiro atoms. The van der Waals surface area contributed by atoms with Crippen LogP contribution >= 0.6 is 0 Å². The summed E-state index contributed by atoms with van der Waals surface area (Å²) in [6.07, 6.45) is -11.4. The molecule has 8 nitrogen and oxygen atoms in total. The molecular weight excluding hydrogens is 518 g/mol. The molecule has 0 aliphatic carbocycles. The zero-order valence-electron chi connectivity index (χ0n) is 15.8. The maximum Gasteiger partial charge on any atom is 0.471 e. The first-order chi connectivity index (χ1) is 14.1. The fourth-order valence-electron chi connectivity index (χ4n) is 2.37. The van der Waals surface area contributed by atoms with E-state index in [1.807, 2.05) is 0 Å². The second-order valence-electron chi connectivity index (χ2n) is 6.42. The molecule has 2 rings (SSSR count). The number of aliphatic imine (C=N–C) groups is 1. The van der Waals surface area contributed by atoms with Crippen molar-refractivity contribution in [2.45, 2.75) is 35.7 Å². The van der Waals surface area contributed by atoms with E-state index in [0.717, 1.165) is 6.54 Å². The van der Waals surface area contributed by atoms with E-state index in [4.69, 9.17) is 0 Å². The monoisotopic (exact) mass is 534 g/mol. The molecular formula is C12H16F10N4O4S2. The summed E-state index contributed by atoms with van der Waals surface area (Å²) in [5.74, 6) is 1.22. The van der Waals surface area contributed by atoms with Crippen molar-refractivity contribution in [2.75, 3.05) is 33.2 Å². The van der Waals surface area contributed by atoms with Crippen LogP contribution in [-0.2, 0) is 20.0 Å². The molecule has 190 valence electrons. The minimum atomic E-state index is -7.49. The van der Waals surface area contributed by atoms with Crippen molar-refractivity contribution >= 4 is 26.0 Å². The lowest BCUT2D eigenvalue weighted by Gasteiger charge is -2.39. The van der Waals surface area contributed by atoms with Crippen LogP contribution in [0.4, 0.5) is 43.9 Å². The fourth-order valence-corrected chi connectivity index (χ4v) is 4.97. The van der Waals surface area contributed by atoms with Gasteiger partial charge in [-0.2, -0.15) is 43.9 Å². The second-order valence-corrected chi connectivity index (χ2v) is 10.1. The van der Waals surface area contributed by atoms with E-state index < -0.39 is 47.0 Å². The molecule has 0 aromatic rings. The van der Waals surface area contributed by atoms with Gasteiger partial charge in [0.15, 0.2) is 5.96 Å². The van der Waals surface area contributed by atoms with Gasteiger partial charge in [-0.05, 0) is 12.8 Å². The molecule has 20 heteroatoms. The Hall–Kier alpha value is -1.57. The van der Waals surface area contributed by atoms with E-state index in [9.17, 15) is 60.7 Å². The largest absolute Gasteiger partial charge is 0.471 e. The van der Waals surface area contributed by atoms with Crippen molar-refractivity contribution in [3.63, 3.8) is 0 Å². The average Bonchev–Trinajstić information content (AvgIpc) is 2.59. The highest BCUT2D eigenvalue weighted by molar-refractivity contribution is 8.05. The van der Waals surface area contributed by atoms with Gasteiger partial charge in [-0.25, -0.2) is 16.8 Å². The number of guanidine groups is 1. The standard InChI is InChI=1S/C8H15N3.C4HF10NO4S2/c1-10-5-3-7-11-6-2-4-9-8(10)11;5-1(6,7)3(11,12)20(16,17)15-21(18,19)4(13,14)2(8,9)10/h2-7H2,1H3;15H. The van der Waals surface area contributed by atoms with E-state index in [1.54, 1.807) is 0 Å². The van der Waals surface area contributed by atoms with E-state index in [0.29, 0.717) is 0 Å². The van der Waals surface area contributed by atoms with Crippen LogP contribution in [0.5, 0.6) is 0 Å². The minimum absolute atomic E-state index is 0.969. The molecule has 2 heterocycles. The van der Waals surface area contributed by atoms with Gasteiger partial charge in [-0.3, -0.25) is 4.99 Å². The number of nitrogens with zero attached hydrogens (tertiary/aromatic N) is 3. The molecule has 0 aromatic carbocycles. The predicted molar refractivity (Wildman–Crippen MR) is 88.7 cm³/mol. The third-order valence-electron chi connectivity index (χ3n) is 3.94. The molecule has 0 unspecified atom stereocenters. The van der Waals surface area contributed by atoms with Gasteiger partial charge in [-0.15, -0.1) is 0 Å². The summed E-state index contributed by atoms with van der Waals surface area (Å²) < 4.78 is 160. The van der Waals surface area contributed by atoms with Crippen molar-refractivity contribution in [3.05, 3.63) is 0 Å². The third kappa shape index (κ3) is 5.67. The number of sulfonamides is 2. The first-order valence-electron chi connectivity index (χ1n) is 8.26. The van der Waals surface area contributed by atoms with Crippen LogP contribution in [0.3, 0.4) is 0 Å². The van der Waals surface area contributed by atoms with Crippen LogP contribution in [0.1, 0.15) is 12.8 Å². The number of halogens is 10. The summed E-state index contributed by atoms with van der Waals surface area (Å²) in [5.41, 5.74) is 0. The maximum atomic E-state index is 12.4. The van der Waals surface area contributed by atoms with E-state index in [2.05, 4.69) is 21.8 Å². The molecule has 0 aromatic heterocycles. The number of rotatable bonds is 4. The van der Waals surface area contributed by atoms with Gasteiger partial charge in [0.05, 0.1) is 0 Å². The Labute approximate surface area is 175 Å². The molecule has 1 saturated heterocycles. The van der Waals surface area contributed by atoms with E-state index >= 15 is 0 Å². The fraction of sp³-hybridized carbons (Fsp3) is 0.917. The lowest BCUT2D eigenvalue weighted by molar-refractivity contribution is -0.242. The van der Waals surface area contributed by atoms with Gasteiger partial charge in [0.25, 0.3) is 20.0 Å². The highest BCUT2D eigenvalue weighted by Gasteiger charge is 2.73. The Bertz CT molecular complexity index is 861. The van der Waals surface area contributed by atoms with Crippen LogP contribution in [0.2, 0.25) is 0 Å². The number of hydrogen-bond donors (Lipinski definition) is 1. The van der Waals surface area contributed by atoms with Crippen LogP contribution in [0, 0.1) is 0 Å². The molecule has 0 bridgehead atoms. The van der Waals surface area contributed by atoms with Gasteiger partial charge in [0.2, 0.25) is 0 Å². The van der Waals surface area contributed by atoms with Gasteiger partial charge in [-0.1, -0.05) is 4.13 Å². The number of fused-ring (bicyclic) bond motifs is 1. The quantitative estimate of drug-likeness (QED) is 0.554. The van der Waals surface area contributed by atoms with E-state index in [1.165, 1.54) is 38.4 Å². The Morgan fingerprint density at radius 2 is 1.16 bits per heavy atom. The normalized spacial score (nSPS) is 19.0. The lowest BCUT2D eigenvalue weighted by Crippen LogP contribution is -2.57. The molecule has 1 N–H and O–H groups in total. The van der Waals surface area contributed by atoms with Crippen LogP contribution in [0.25, 0.3) is 0 Å². The maximum absolute atomic E-state index is 12.4. The Morgan fingerprint density at radius 1 is 0.750 bits per heavy atom. The number of hydrogen-bond acceptors (Lipinski definition) is 7. The van der Waals surface area contributed by atoms with Crippen molar-refractivity contribution in [1.82, 2.24) is 13.9 Å². The molecule has 0 saturated carbocycles. The summed E-state index contributed by atoms with van der Waals surface area (Å²) in [5, 5.41) is -13.9. The summed E-state index contributed by atoms with van der Waals surface area (Å²) in [6.45, 7) is 4.62. The summed E-state index contributed by atoms with van der Waals surface area (Å²) in [6, 6.07) is 0. The predicted octanol–water partition coefficient (Wildman–Crippen LogP) is 1.93. The third-order valence-corrected chi connectivity index (χ3v) is 7.51. The first-order valence-corrected chi connectivity index (χ1v) is 11.2. The average molecular weight is 534 g/mol. The number of alkyl halides is 10. The SMILES string of the molecule is CN1CCCN2CCCN=C12.O=S(=O)(NS(=O)(=O)C(F)(F)C(F)(F)F)C(F)(F)C(F)(F)F. The molecule has 32 heavy (non-hydrogen) atoms.